The summed E-state index contributed by atoms with van der Waals surface area (Å²) in [6.07, 6.45) is -4.65. The van der Waals surface area contributed by atoms with Crippen LogP contribution in [0, 0.1) is 0 Å². The van der Waals surface area contributed by atoms with Gasteiger partial charge in [-0.05, 0) is 24.3 Å². The first-order valence-corrected chi connectivity index (χ1v) is 8.79. The summed E-state index contributed by atoms with van der Waals surface area (Å²) in [6, 6.07) is 11.0. The minimum absolute atomic E-state index is 0.190. The number of aromatic nitrogens is 2. The van der Waals surface area contributed by atoms with Gasteiger partial charge in [0.05, 0.1) is 22.3 Å². The zero-order valence-electron chi connectivity index (χ0n) is 16.0. The molecule has 10 heteroatoms. The maximum Gasteiger partial charge on any atom is 0.418 e. The Labute approximate surface area is 168 Å². The zero-order chi connectivity index (χ0) is 22.1. The first-order chi connectivity index (χ1) is 14.1. The Balaban J connectivity index is 2.02. The van der Waals surface area contributed by atoms with Crippen molar-refractivity contribution in [1.29, 1.82) is 0 Å². The first kappa shape index (κ1) is 21.0. The number of anilines is 2. The molecule has 1 heterocycles. The number of benzene rings is 2. The summed E-state index contributed by atoms with van der Waals surface area (Å²) in [5.41, 5.74) is -1.47. The number of para-hydroxylation sites is 3. The van der Waals surface area contributed by atoms with Crippen molar-refractivity contribution in [2.75, 3.05) is 17.3 Å². The van der Waals surface area contributed by atoms with Crippen molar-refractivity contribution in [1.82, 2.24) is 9.55 Å². The molecule has 1 aromatic heterocycles. The van der Waals surface area contributed by atoms with Crippen molar-refractivity contribution < 1.29 is 22.8 Å². The van der Waals surface area contributed by atoms with Gasteiger partial charge in [-0.25, -0.2) is 4.98 Å². The molecule has 0 radical (unpaired) electrons. The number of amides is 2. The van der Waals surface area contributed by atoms with Crippen molar-refractivity contribution in [3.63, 3.8) is 0 Å². The number of alkyl halides is 3. The highest BCUT2D eigenvalue weighted by Crippen LogP contribution is 2.34. The van der Waals surface area contributed by atoms with E-state index in [1.807, 2.05) is 0 Å². The van der Waals surface area contributed by atoms with Gasteiger partial charge in [-0.2, -0.15) is 13.2 Å². The molecule has 1 N–H and O–H groups in total. The molecular weight excluding hydrogens is 401 g/mol. The highest BCUT2D eigenvalue weighted by Gasteiger charge is 2.33. The van der Waals surface area contributed by atoms with Gasteiger partial charge in [-0.3, -0.25) is 23.9 Å². The van der Waals surface area contributed by atoms with Gasteiger partial charge < -0.3 is 5.32 Å². The van der Waals surface area contributed by atoms with Crippen molar-refractivity contribution in [3.05, 3.63) is 64.4 Å². The maximum absolute atomic E-state index is 13.2. The van der Waals surface area contributed by atoms with E-state index >= 15 is 0 Å². The molecule has 3 aromatic rings. The van der Waals surface area contributed by atoms with E-state index in [1.165, 1.54) is 26.1 Å². The van der Waals surface area contributed by atoms with Crippen LogP contribution < -0.4 is 15.8 Å². The Bertz CT molecular complexity index is 1190. The molecule has 0 bridgehead atoms. The molecule has 0 unspecified atom stereocenters. The van der Waals surface area contributed by atoms with E-state index in [2.05, 4.69) is 10.3 Å². The topological polar surface area (TPSA) is 84.3 Å². The summed E-state index contributed by atoms with van der Waals surface area (Å²) < 4.78 is 40.6. The third-order valence-corrected chi connectivity index (χ3v) is 4.43. The lowest BCUT2D eigenvalue weighted by Crippen LogP contribution is -2.36. The molecule has 0 aliphatic carbocycles. The predicted molar refractivity (Wildman–Crippen MR) is 105 cm³/mol. The number of nitrogens with zero attached hydrogens (tertiary/aromatic N) is 3. The second kappa shape index (κ2) is 7.97. The van der Waals surface area contributed by atoms with Crippen LogP contribution in [0.25, 0.3) is 11.0 Å². The number of halogens is 3. The molecule has 2 aromatic carbocycles. The average molecular weight is 418 g/mol. The zero-order valence-corrected chi connectivity index (χ0v) is 16.0. The summed E-state index contributed by atoms with van der Waals surface area (Å²) in [5.74, 6) is -1.46. The molecular formula is C20H17F3N4O3. The normalized spacial score (nSPS) is 11.4. The van der Waals surface area contributed by atoms with Crippen molar-refractivity contribution in [3.8, 4) is 0 Å². The standard InChI is InChI=1S/C20H17F3N4O3/c1-12(28)26(2)18-19(30)27(16-10-6-5-9-15(16)25-18)11-17(29)24-14-8-4-3-7-13(14)20(21,22)23/h3-10H,11H2,1-2H3,(H,24,29). The molecule has 0 fully saturated rings. The molecule has 0 spiro atoms. The van der Waals surface area contributed by atoms with Crippen LogP contribution in [0.3, 0.4) is 0 Å². The fourth-order valence-electron chi connectivity index (χ4n) is 2.88. The van der Waals surface area contributed by atoms with Gasteiger partial charge in [0.2, 0.25) is 17.6 Å². The van der Waals surface area contributed by atoms with Crippen LogP contribution in [0.15, 0.2) is 53.3 Å². The maximum atomic E-state index is 13.2. The van der Waals surface area contributed by atoms with Gasteiger partial charge in [-0.15, -0.1) is 0 Å². The Morgan fingerprint density at radius 1 is 1.10 bits per heavy atom. The van der Waals surface area contributed by atoms with Crippen LogP contribution in [-0.2, 0) is 22.3 Å². The van der Waals surface area contributed by atoms with E-state index in [1.54, 1.807) is 24.3 Å². The van der Waals surface area contributed by atoms with E-state index in [0.717, 1.165) is 21.6 Å². The number of hydrogen-bond acceptors (Lipinski definition) is 4. The van der Waals surface area contributed by atoms with Gasteiger partial charge in [-0.1, -0.05) is 24.3 Å². The van der Waals surface area contributed by atoms with Crippen molar-refractivity contribution in [2.45, 2.75) is 19.6 Å². The number of carbonyl (C=O) groups is 2. The summed E-state index contributed by atoms with van der Waals surface area (Å²) in [4.78, 5) is 42.3. The molecule has 0 saturated carbocycles. The molecule has 30 heavy (non-hydrogen) atoms. The third kappa shape index (κ3) is 4.17. The fourth-order valence-corrected chi connectivity index (χ4v) is 2.88. The molecule has 0 saturated heterocycles. The molecule has 0 aliphatic rings. The third-order valence-electron chi connectivity index (χ3n) is 4.43. The molecule has 156 valence electrons. The van der Waals surface area contributed by atoms with Gasteiger partial charge in [0.15, 0.2) is 0 Å². The van der Waals surface area contributed by atoms with Crippen LogP contribution in [0.4, 0.5) is 24.7 Å². The van der Waals surface area contributed by atoms with E-state index in [0.29, 0.717) is 11.0 Å². The summed E-state index contributed by atoms with van der Waals surface area (Å²) in [7, 11) is 1.37. The average Bonchev–Trinajstić information content (AvgIpc) is 2.69. The Morgan fingerprint density at radius 2 is 1.73 bits per heavy atom. The number of fused-ring (bicyclic) bond motifs is 1. The number of carbonyl (C=O) groups excluding carboxylic acids is 2. The highest BCUT2D eigenvalue weighted by atomic mass is 19.4. The van der Waals surface area contributed by atoms with Gasteiger partial charge in [0.25, 0.3) is 5.56 Å². The van der Waals surface area contributed by atoms with Crippen molar-refractivity contribution >= 4 is 34.4 Å². The molecule has 0 atom stereocenters. The Morgan fingerprint density at radius 3 is 2.40 bits per heavy atom. The molecule has 3 rings (SSSR count). The van der Waals surface area contributed by atoms with E-state index in [9.17, 15) is 27.6 Å². The monoisotopic (exact) mass is 418 g/mol. The summed E-state index contributed by atoms with van der Waals surface area (Å²) >= 11 is 0. The largest absolute Gasteiger partial charge is 0.418 e. The first-order valence-electron chi connectivity index (χ1n) is 8.79. The number of hydrogen-bond donors (Lipinski definition) is 1. The van der Waals surface area contributed by atoms with Crippen LogP contribution in [-0.4, -0.2) is 28.4 Å². The van der Waals surface area contributed by atoms with Gasteiger partial charge in [0, 0.05) is 14.0 Å². The quantitative estimate of drug-likeness (QED) is 0.706. The van der Waals surface area contributed by atoms with Gasteiger partial charge >= 0.3 is 6.18 Å². The van der Waals surface area contributed by atoms with Crippen LogP contribution in [0.5, 0.6) is 0 Å². The lowest BCUT2D eigenvalue weighted by molar-refractivity contribution is -0.137. The minimum atomic E-state index is -4.65. The van der Waals surface area contributed by atoms with Crippen molar-refractivity contribution in [2.24, 2.45) is 0 Å². The molecule has 0 aliphatic heterocycles. The minimum Gasteiger partial charge on any atom is -0.324 e. The van der Waals surface area contributed by atoms with Crippen LogP contribution in [0.1, 0.15) is 12.5 Å². The lowest BCUT2D eigenvalue weighted by atomic mass is 10.1. The summed E-state index contributed by atoms with van der Waals surface area (Å²) in [6.45, 7) is 0.689. The second-order valence-corrected chi connectivity index (χ2v) is 6.48. The van der Waals surface area contributed by atoms with E-state index in [4.69, 9.17) is 0 Å². The van der Waals surface area contributed by atoms with E-state index in [-0.39, 0.29) is 5.82 Å². The SMILES string of the molecule is CC(=O)N(C)c1nc2ccccc2n(CC(=O)Nc2ccccc2C(F)(F)F)c1=O. The van der Waals surface area contributed by atoms with E-state index < -0.39 is 41.3 Å². The smallest absolute Gasteiger partial charge is 0.324 e. The molecule has 2 amide bonds. The Kier molecular flexibility index (Phi) is 5.59. The van der Waals surface area contributed by atoms with Crippen LogP contribution in [0.2, 0.25) is 0 Å². The molecule has 7 nitrogen and oxygen atoms in total. The Hall–Kier alpha value is -3.69. The number of nitrogens with one attached hydrogen (secondary N) is 1. The number of rotatable bonds is 4. The van der Waals surface area contributed by atoms with Crippen LogP contribution >= 0.6 is 0 Å². The lowest BCUT2D eigenvalue weighted by Gasteiger charge is -2.18. The van der Waals surface area contributed by atoms with Gasteiger partial charge in [0.1, 0.15) is 6.54 Å². The highest BCUT2D eigenvalue weighted by molar-refractivity contribution is 5.93. The fraction of sp³-hybridized carbons (Fsp3) is 0.200. The predicted octanol–water partition coefficient (Wildman–Crippen LogP) is 3.04. The summed E-state index contributed by atoms with van der Waals surface area (Å²) in [5, 5.41) is 2.21. The second-order valence-electron chi connectivity index (χ2n) is 6.48.